The van der Waals surface area contributed by atoms with Gasteiger partial charge >= 0.3 is 5.97 Å². The highest BCUT2D eigenvalue weighted by Gasteiger charge is 2.34. The quantitative estimate of drug-likeness (QED) is 0.627. The van der Waals surface area contributed by atoms with Crippen molar-refractivity contribution in [3.63, 3.8) is 0 Å². The second kappa shape index (κ2) is 7.14. The van der Waals surface area contributed by atoms with E-state index in [1.165, 1.54) is 11.3 Å². The fraction of sp³-hybridized carbons (Fsp3) is 0.438. The highest BCUT2D eigenvalue weighted by molar-refractivity contribution is 7.17. The van der Waals surface area contributed by atoms with E-state index in [0.29, 0.717) is 29.7 Å². The number of hydrogen-bond donors (Lipinski definition) is 1. The van der Waals surface area contributed by atoms with Gasteiger partial charge in [-0.1, -0.05) is 0 Å². The van der Waals surface area contributed by atoms with Crippen molar-refractivity contribution in [2.45, 2.75) is 39.4 Å². The molecule has 0 aliphatic carbocycles. The van der Waals surface area contributed by atoms with E-state index in [-0.39, 0.29) is 6.61 Å². The highest BCUT2D eigenvalue weighted by atomic mass is 32.1. The number of fused-ring (bicyclic) bond motifs is 1. The van der Waals surface area contributed by atoms with Crippen molar-refractivity contribution in [1.82, 2.24) is 0 Å². The Balaban J connectivity index is 2.37. The summed E-state index contributed by atoms with van der Waals surface area (Å²) in [5.74, 6) is -2.66. The molecule has 1 N–H and O–H groups in total. The van der Waals surface area contributed by atoms with Crippen LogP contribution < -0.4 is 10.4 Å². The Labute approximate surface area is 143 Å². The SMILES string of the molecule is CCOC(=O)c1c(NC(=O)/C=C/C(=O)[O-])sc2c1CC(C)(C)OC2. The number of hydrogen-bond acceptors (Lipinski definition) is 7. The highest BCUT2D eigenvalue weighted by Crippen LogP contribution is 2.40. The zero-order chi connectivity index (χ0) is 17.9. The van der Waals surface area contributed by atoms with Crippen molar-refractivity contribution in [3.8, 4) is 0 Å². The van der Waals surface area contributed by atoms with E-state index in [9.17, 15) is 19.5 Å². The Morgan fingerprint density at radius 3 is 2.71 bits per heavy atom. The van der Waals surface area contributed by atoms with Gasteiger partial charge in [0.2, 0.25) is 5.91 Å². The molecular formula is C16H18NO6S-. The van der Waals surface area contributed by atoms with Crippen molar-refractivity contribution < 1.29 is 29.0 Å². The zero-order valence-electron chi connectivity index (χ0n) is 13.6. The molecule has 1 aromatic rings. The fourth-order valence-electron chi connectivity index (χ4n) is 2.36. The van der Waals surface area contributed by atoms with Crippen molar-refractivity contribution in [1.29, 1.82) is 0 Å². The summed E-state index contributed by atoms with van der Waals surface area (Å²) in [7, 11) is 0. The van der Waals surface area contributed by atoms with Crippen LogP contribution in [0.3, 0.4) is 0 Å². The molecule has 0 fully saturated rings. The first-order valence-electron chi connectivity index (χ1n) is 7.39. The Morgan fingerprint density at radius 2 is 2.08 bits per heavy atom. The number of carbonyl (C=O) groups is 3. The Hall–Kier alpha value is -2.19. The molecule has 8 heteroatoms. The van der Waals surface area contributed by atoms with Gasteiger partial charge in [0.25, 0.3) is 0 Å². The maximum atomic E-state index is 12.3. The molecule has 1 aromatic heterocycles. The number of rotatable bonds is 5. The number of ether oxygens (including phenoxy) is 2. The van der Waals surface area contributed by atoms with Gasteiger partial charge in [-0.3, -0.25) is 4.79 Å². The predicted molar refractivity (Wildman–Crippen MR) is 85.6 cm³/mol. The average Bonchev–Trinajstić information content (AvgIpc) is 2.81. The minimum Gasteiger partial charge on any atom is -0.545 e. The first kappa shape index (κ1) is 18.2. The third-order valence-corrected chi connectivity index (χ3v) is 4.50. The maximum absolute atomic E-state index is 12.3. The predicted octanol–water partition coefficient (Wildman–Crippen LogP) is 1.02. The number of amides is 1. The third-order valence-electron chi connectivity index (χ3n) is 3.37. The molecule has 2 heterocycles. The van der Waals surface area contributed by atoms with Crippen LogP contribution in [0.2, 0.25) is 0 Å². The van der Waals surface area contributed by atoms with Crippen molar-refractivity contribution >= 4 is 34.2 Å². The topological polar surface area (TPSA) is 105 Å². The number of aliphatic carboxylic acids is 1. The Kier molecular flexibility index (Phi) is 5.40. The van der Waals surface area contributed by atoms with Crippen molar-refractivity contribution in [2.24, 2.45) is 0 Å². The summed E-state index contributed by atoms with van der Waals surface area (Å²) in [6.45, 7) is 6.09. The average molecular weight is 352 g/mol. The largest absolute Gasteiger partial charge is 0.545 e. The monoisotopic (exact) mass is 352 g/mol. The second-order valence-electron chi connectivity index (χ2n) is 5.80. The summed E-state index contributed by atoms with van der Waals surface area (Å²) in [5.41, 5.74) is 0.683. The van der Waals surface area contributed by atoms with Gasteiger partial charge in [-0.2, -0.15) is 0 Å². The summed E-state index contributed by atoms with van der Waals surface area (Å²) in [6.07, 6.45) is 1.97. The molecule has 7 nitrogen and oxygen atoms in total. The van der Waals surface area contributed by atoms with E-state index in [1.807, 2.05) is 13.8 Å². The fourth-order valence-corrected chi connectivity index (χ4v) is 3.48. The van der Waals surface area contributed by atoms with E-state index in [2.05, 4.69) is 5.32 Å². The molecule has 130 valence electrons. The van der Waals surface area contributed by atoms with Crippen LogP contribution in [-0.4, -0.2) is 30.1 Å². The van der Waals surface area contributed by atoms with Crippen LogP contribution in [0, 0.1) is 0 Å². The van der Waals surface area contributed by atoms with Gasteiger partial charge in [0, 0.05) is 17.4 Å². The molecule has 2 rings (SSSR count). The second-order valence-corrected chi connectivity index (χ2v) is 6.90. The summed E-state index contributed by atoms with van der Waals surface area (Å²) < 4.78 is 10.8. The molecule has 1 aliphatic heterocycles. The lowest BCUT2D eigenvalue weighted by atomic mass is 9.93. The van der Waals surface area contributed by atoms with Gasteiger partial charge in [-0.05, 0) is 32.4 Å². The summed E-state index contributed by atoms with van der Waals surface area (Å²) in [4.78, 5) is 35.4. The van der Waals surface area contributed by atoms with Crippen LogP contribution in [0.15, 0.2) is 12.2 Å². The minimum absolute atomic E-state index is 0.210. The molecular weight excluding hydrogens is 334 g/mol. The van der Waals surface area contributed by atoms with Crippen LogP contribution in [0.4, 0.5) is 5.00 Å². The van der Waals surface area contributed by atoms with Crippen LogP contribution in [0.25, 0.3) is 0 Å². The number of thiophene rings is 1. The maximum Gasteiger partial charge on any atom is 0.341 e. The lowest BCUT2D eigenvalue weighted by Crippen LogP contribution is -2.32. The van der Waals surface area contributed by atoms with Gasteiger partial charge in [0.05, 0.1) is 30.3 Å². The standard InChI is InChI=1S/C16H19NO6S/c1-4-22-15(21)13-9-7-16(2,3)23-8-10(9)24-14(13)17-11(18)5-6-12(19)20/h5-6H,4,7-8H2,1-3H3,(H,17,18)(H,19,20)/p-1/b6-5+. The molecule has 0 bridgehead atoms. The van der Waals surface area contributed by atoms with E-state index in [0.717, 1.165) is 16.5 Å². The minimum atomic E-state index is -1.48. The summed E-state index contributed by atoms with van der Waals surface area (Å²) >= 11 is 1.22. The smallest absolute Gasteiger partial charge is 0.341 e. The summed E-state index contributed by atoms with van der Waals surface area (Å²) in [6, 6.07) is 0. The number of anilines is 1. The zero-order valence-corrected chi connectivity index (χ0v) is 14.5. The number of carboxylic acids is 1. The van der Waals surface area contributed by atoms with Crippen LogP contribution in [0.1, 0.15) is 41.6 Å². The van der Waals surface area contributed by atoms with Crippen molar-refractivity contribution in [2.75, 3.05) is 11.9 Å². The lowest BCUT2D eigenvalue weighted by Gasteiger charge is -2.30. The molecule has 0 saturated heterocycles. The Bertz CT molecular complexity index is 704. The first-order valence-corrected chi connectivity index (χ1v) is 8.21. The number of esters is 1. The first-order chi connectivity index (χ1) is 11.2. The molecule has 0 aromatic carbocycles. The van der Waals surface area contributed by atoms with Gasteiger partial charge < -0.3 is 24.7 Å². The molecule has 0 unspecified atom stereocenters. The van der Waals surface area contributed by atoms with Crippen LogP contribution in [-0.2, 0) is 32.1 Å². The van der Waals surface area contributed by atoms with Crippen LogP contribution in [0.5, 0.6) is 0 Å². The van der Waals surface area contributed by atoms with Gasteiger partial charge in [-0.25, -0.2) is 4.79 Å². The molecule has 1 aliphatic rings. The number of carboxylic acid groups (broad SMARTS) is 1. The normalized spacial score (nSPS) is 15.8. The lowest BCUT2D eigenvalue weighted by molar-refractivity contribution is -0.297. The van der Waals surface area contributed by atoms with E-state index in [1.54, 1.807) is 6.92 Å². The van der Waals surface area contributed by atoms with E-state index < -0.39 is 23.4 Å². The molecule has 0 atom stereocenters. The third kappa shape index (κ3) is 4.21. The van der Waals surface area contributed by atoms with Gasteiger partial charge in [0.15, 0.2) is 0 Å². The molecule has 0 radical (unpaired) electrons. The molecule has 0 saturated carbocycles. The molecule has 1 amide bonds. The van der Waals surface area contributed by atoms with E-state index >= 15 is 0 Å². The van der Waals surface area contributed by atoms with Crippen molar-refractivity contribution in [3.05, 3.63) is 28.2 Å². The number of nitrogens with one attached hydrogen (secondary N) is 1. The molecule has 0 spiro atoms. The van der Waals surface area contributed by atoms with Gasteiger partial charge in [0.1, 0.15) is 5.00 Å². The Morgan fingerprint density at radius 1 is 1.38 bits per heavy atom. The van der Waals surface area contributed by atoms with Crippen LogP contribution >= 0.6 is 11.3 Å². The van der Waals surface area contributed by atoms with Gasteiger partial charge in [-0.15, -0.1) is 11.3 Å². The number of carbonyl (C=O) groups excluding carboxylic acids is 3. The summed E-state index contributed by atoms with van der Waals surface area (Å²) in [5, 5.41) is 13.2. The van der Waals surface area contributed by atoms with E-state index in [4.69, 9.17) is 9.47 Å². The molecule has 24 heavy (non-hydrogen) atoms.